The molecule has 3 rings (SSSR count). The third-order valence-electron chi connectivity index (χ3n) is 4.38. The predicted molar refractivity (Wildman–Crippen MR) is 107 cm³/mol. The number of aromatic nitrogens is 3. The second kappa shape index (κ2) is 10.9. The van der Waals surface area contributed by atoms with Gasteiger partial charge in [-0.15, -0.1) is 24.8 Å². The van der Waals surface area contributed by atoms with Crippen LogP contribution in [0.2, 0.25) is 0 Å². The quantitative estimate of drug-likeness (QED) is 0.661. The maximum absolute atomic E-state index is 12.8. The molecule has 0 atom stereocenters. The van der Waals surface area contributed by atoms with Crippen LogP contribution in [0.1, 0.15) is 19.3 Å². The molecule has 8 nitrogen and oxygen atoms in total. The molecule has 1 aliphatic heterocycles. The first kappa shape index (κ1) is 22.9. The molecule has 0 bridgehead atoms. The number of hydrogen-bond donors (Lipinski definition) is 3. The van der Waals surface area contributed by atoms with Gasteiger partial charge in [-0.3, -0.25) is 19.3 Å². The Kier molecular flexibility index (Phi) is 9.20. The number of carbonyl (C=O) groups excluding carboxylic acids is 2. The van der Waals surface area contributed by atoms with Gasteiger partial charge < -0.3 is 16.0 Å². The van der Waals surface area contributed by atoms with E-state index in [-0.39, 0.29) is 49.6 Å². The van der Waals surface area contributed by atoms with Crippen molar-refractivity contribution in [1.29, 1.82) is 0 Å². The van der Waals surface area contributed by atoms with Crippen molar-refractivity contribution in [3.8, 4) is 0 Å². The van der Waals surface area contributed by atoms with E-state index >= 15 is 0 Å². The number of nitrogens with zero attached hydrogens (tertiary/aromatic N) is 3. The van der Waals surface area contributed by atoms with Crippen LogP contribution >= 0.6 is 24.8 Å². The molecule has 0 saturated carbocycles. The van der Waals surface area contributed by atoms with E-state index in [0.29, 0.717) is 18.5 Å². The number of carbonyl (C=O) groups is 2. The Morgan fingerprint density at radius 3 is 2.59 bits per heavy atom. The van der Waals surface area contributed by atoms with E-state index in [2.05, 4.69) is 26.0 Å². The summed E-state index contributed by atoms with van der Waals surface area (Å²) in [4.78, 5) is 28.7. The molecule has 1 fully saturated rings. The average Bonchev–Trinajstić information content (AvgIpc) is 3.18. The fraction of sp³-hybridized carbons (Fsp3) is 0.412. The molecule has 1 saturated heterocycles. The van der Waals surface area contributed by atoms with Gasteiger partial charge in [0, 0.05) is 31.6 Å². The standard InChI is InChI=1S/C17H22N6O2.2ClH/c24-15(22-14-3-1-7-19-13-14)4-9-20-16(25)17(5-10-18-11-6-17)23-12-2-8-21-23;;/h1-3,7-8,12-13,18H,4-6,9-11H2,(H,20,25)(H,22,24);2*1H. The monoisotopic (exact) mass is 414 g/mol. The number of nitrogens with one attached hydrogen (secondary N) is 3. The van der Waals surface area contributed by atoms with Crippen LogP contribution in [-0.2, 0) is 15.1 Å². The van der Waals surface area contributed by atoms with Crippen molar-refractivity contribution in [2.45, 2.75) is 24.8 Å². The average molecular weight is 415 g/mol. The topological polar surface area (TPSA) is 101 Å². The predicted octanol–water partition coefficient (Wildman–Crippen LogP) is 1.35. The fourth-order valence-corrected chi connectivity index (χ4v) is 3.04. The molecule has 0 aliphatic carbocycles. The minimum absolute atomic E-state index is 0. The van der Waals surface area contributed by atoms with Crippen molar-refractivity contribution in [2.75, 3.05) is 25.0 Å². The van der Waals surface area contributed by atoms with Gasteiger partial charge in [0.25, 0.3) is 0 Å². The van der Waals surface area contributed by atoms with Crippen LogP contribution in [0, 0.1) is 0 Å². The van der Waals surface area contributed by atoms with Gasteiger partial charge in [-0.05, 0) is 44.1 Å². The first-order valence-corrected chi connectivity index (χ1v) is 8.40. The first-order valence-electron chi connectivity index (χ1n) is 8.40. The molecular weight excluding hydrogens is 391 g/mol. The summed E-state index contributed by atoms with van der Waals surface area (Å²) in [6, 6.07) is 5.34. The van der Waals surface area contributed by atoms with Crippen LogP contribution in [0.25, 0.3) is 0 Å². The molecule has 3 heterocycles. The van der Waals surface area contributed by atoms with E-state index in [1.165, 1.54) is 0 Å². The van der Waals surface area contributed by atoms with Crippen molar-refractivity contribution in [3.05, 3.63) is 43.0 Å². The highest BCUT2D eigenvalue weighted by Gasteiger charge is 2.41. The molecule has 3 N–H and O–H groups in total. The summed E-state index contributed by atoms with van der Waals surface area (Å²) in [6.07, 6.45) is 8.26. The lowest BCUT2D eigenvalue weighted by molar-refractivity contribution is -0.132. The van der Waals surface area contributed by atoms with Gasteiger partial charge in [0.15, 0.2) is 0 Å². The van der Waals surface area contributed by atoms with Crippen LogP contribution in [0.3, 0.4) is 0 Å². The number of pyridine rings is 1. The van der Waals surface area contributed by atoms with Gasteiger partial charge in [-0.25, -0.2) is 0 Å². The number of rotatable bonds is 6. The molecule has 0 spiro atoms. The number of hydrogen-bond acceptors (Lipinski definition) is 5. The van der Waals surface area contributed by atoms with Crippen molar-refractivity contribution in [3.63, 3.8) is 0 Å². The molecule has 0 unspecified atom stereocenters. The summed E-state index contributed by atoms with van der Waals surface area (Å²) < 4.78 is 1.74. The lowest BCUT2D eigenvalue weighted by Gasteiger charge is -2.36. The lowest BCUT2D eigenvalue weighted by atomic mass is 9.87. The van der Waals surface area contributed by atoms with Crippen LogP contribution in [-0.4, -0.2) is 46.2 Å². The Morgan fingerprint density at radius 1 is 1.19 bits per heavy atom. The molecule has 2 aromatic heterocycles. The summed E-state index contributed by atoms with van der Waals surface area (Å²) in [5, 5.41) is 13.2. The highest BCUT2D eigenvalue weighted by Crippen LogP contribution is 2.27. The molecule has 1 aliphatic rings. The molecule has 2 aromatic rings. The van der Waals surface area contributed by atoms with Crippen molar-refractivity contribution in [1.82, 2.24) is 25.4 Å². The van der Waals surface area contributed by atoms with Gasteiger partial charge in [0.05, 0.1) is 11.9 Å². The van der Waals surface area contributed by atoms with E-state index in [1.54, 1.807) is 35.4 Å². The largest absolute Gasteiger partial charge is 0.353 e. The molecular formula is C17H24Cl2N6O2. The van der Waals surface area contributed by atoms with Gasteiger partial charge in [-0.2, -0.15) is 5.10 Å². The van der Waals surface area contributed by atoms with E-state index in [1.807, 2.05) is 12.3 Å². The third kappa shape index (κ3) is 5.66. The Labute approximate surface area is 170 Å². The van der Waals surface area contributed by atoms with Crippen molar-refractivity contribution < 1.29 is 9.59 Å². The van der Waals surface area contributed by atoms with Crippen LogP contribution in [0.15, 0.2) is 43.0 Å². The number of halogens is 2. The smallest absolute Gasteiger partial charge is 0.248 e. The summed E-state index contributed by atoms with van der Waals surface area (Å²) in [5.74, 6) is -0.251. The summed E-state index contributed by atoms with van der Waals surface area (Å²) >= 11 is 0. The Balaban J connectivity index is 0.00000182. The molecule has 0 aromatic carbocycles. The normalized spacial score (nSPS) is 15.0. The second-order valence-electron chi connectivity index (χ2n) is 6.03. The molecule has 148 valence electrons. The van der Waals surface area contributed by atoms with Gasteiger partial charge >= 0.3 is 0 Å². The lowest BCUT2D eigenvalue weighted by Crippen LogP contribution is -2.54. The SMILES string of the molecule is Cl.Cl.O=C(CCNC(=O)C1(n2cccn2)CCNCC1)Nc1cccnc1. The highest BCUT2D eigenvalue weighted by atomic mass is 35.5. The minimum Gasteiger partial charge on any atom is -0.353 e. The number of piperidine rings is 1. The summed E-state index contributed by atoms with van der Waals surface area (Å²) in [5.41, 5.74) is -0.0422. The van der Waals surface area contributed by atoms with Crippen LogP contribution in [0.4, 0.5) is 5.69 Å². The first-order chi connectivity index (χ1) is 12.2. The van der Waals surface area contributed by atoms with E-state index in [9.17, 15) is 9.59 Å². The maximum Gasteiger partial charge on any atom is 0.248 e. The van der Waals surface area contributed by atoms with Crippen LogP contribution in [0.5, 0.6) is 0 Å². The highest BCUT2D eigenvalue weighted by molar-refractivity contribution is 5.91. The van der Waals surface area contributed by atoms with Gasteiger partial charge in [-0.1, -0.05) is 0 Å². The summed E-state index contributed by atoms with van der Waals surface area (Å²) in [6.45, 7) is 1.80. The van der Waals surface area contributed by atoms with E-state index < -0.39 is 5.54 Å². The van der Waals surface area contributed by atoms with Crippen LogP contribution < -0.4 is 16.0 Å². The second-order valence-corrected chi connectivity index (χ2v) is 6.03. The number of anilines is 1. The van der Waals surface area contributed by atoms with E-state index in [0.717, 1.165) is 13.1 Å². The minimum atomic E-state index is -0.686. The third-order valence-corrected chi connectivity index (χ3v) is 4.38. The van der Waals surface area contributed by atoms with Gasteiger partial charge in [0.2, 0.25) is 11.8 Å². The maximum atomic E-state index is 12.8. The molecule has 27 heavy (non-hydrogen) atoms. The molecule has 10 heteroatoms. The zero-order valence-corrected chi connectivity index (χ0v) is 16.4. The summed E-state index contributed by atoms with van der Waals surface area (Å²) in [7, 11) is 0. The van der Waals surface area contributed by atoms with Gasteiger partial charge in [0.1, 0.15) is 5.54 Å². The van der Waals surface area contributed by atoms with E-state index in [4.69, 9.17) is 0 Å². The Hall–Kier alpha value is -2.16. The number of amides is 2. The Morgan fingerprint density at radius 2 is 1.96 bits per heavy atom. The van der Waals surface area contributed by atoms with Crippen molar-refractivity contribution >= 4 is 42.3 Å². The Bertz CT molecular complexity index is 705. The molecule has 2 amide bonds. The zero-order valence-electron chi connectivity index (χ0n) is 14.8. The van der Waals surface area contributed by atoms with Crippen molar-refractivity contribution in [2.24, 2.45) is 0 Å². The fourth-order valence-electron chi connectivity index (χ4n) is 3.04. The molecule has 0 radical (unpaired) electrons. The zero-order chi connectivity index (χ0) is 17.5.